The fraction of sp³-hybridized carbons (Fsp3) is 0.125. The van der Waals surface area contributed by atoms with E-state index in [1.54, 1.807) is 0 Å². The van der Waals surface area contributed by atoms with Crippen LogP contribution in [0.15, 0.2) is 17.0 Å². The van der Waals surface area contributed by atoms with Crippen molar-refractivity contribution >= 4 is 18.3 Å². The van der Waals surface area contributed by atoms with Crippen LogP contribution in [0.1, 0.15) is 11.1 Å². The average Bonchev–Trinajstić information content (AvgIpc) is 2.14. The molecule has 0 radical (unpaired) electrons. The lowest BCUT2D eigenvalue weighted by Crippen LogP contribution is -2.10. The van der Waals surface area contributed by atoms with Crippen LogP contribution < -0.4 is 0 Å². The highest BCUT2D eigenvalue weighted by atomic mass is 32.1. The molecular formula is C8H3F3N2O2S. The van der Waals surface area contributed by atoms with E-state index in [0.29, 0.717) is 6.07 Å². The van der Waals surface area contributed by atoms with Gasteiger partial charge in [-0.3, -0.25) is 10.1 Å². The maximum absolute atomic E-state index is 12.5. The normalized spacial score (nSPS) is 10.9. The van der Waals surface area contributed by atoms with Crippen LogP contribution in [-0.2, 0) is 6.18 Å². The third-order valence-electron chi connectivity index (χ3n) is 1.71. The number of nitriles is 1. The van der Waals surface area contributed by atoms with Crippen LogP contribution in [0.2, 0.25) is 0 Å². The van der Waals surface area contributed by atoms with Gasteiger partial charge in [-0.15, -0.1) is 12.6 Å². The number of rotatable bonds is 1. The van der Waals surface area contributed by atoms with E-state index in [1.807, 2.05) is 0 Å². The zero-order valence-electron chi connectivity index (χ0n) is 7.45. The Morgan fingerprint density at radius 1 is 1.44 bits per heavy atom. The van der Waals surface area contributed by atoms with Crippen molar-refractivity contribution in [3.63, 3.8) is 0 Å². The van der Waals surface area contributed by atoms with Crippen LogP contribution >= 0.6 is 12.6 Å². The van der Waals surface area contributed by atoms with Gasteiger partial charge in [0.1, 0.15) is 5.56 Å². The van der Waals surface area contributed by atoms with Gasteiger partial charge in [-0.1, -0.05) is 0 Å². The smallest absolute Gasteiger partial charge is 0.258 e. The third kappa shape index (κ3) is 2.25. The second-order valence-corrected chi connectivity index (χ2v) is 3.24. The van der Waals surface area contributed by atoms with Crippen LogP contribution in [0.4, 0.5) is 18.9 Å². The topological polar surface area (TPSA) is 66.9 Å². The summed E-state index contributed by atoms with van der Waals surface area (Å²) in [5.41, 5.74) is -2.86. The highest BCUT2D eigenvalue weighted by molar-refractivity contribution is 7.80. The first-order valence-electron chi connectivity index (χ1n) is 3.76. The molecule has 0 amide bonds. The van der Waals surface area contributed by atoms with E-state index in [0.717, 1.165) is 6.07 Å². The van der Waals surface area contributed by atoms with Gasteiger partial charge in [-0.25, -0.2) is 0 Å². The van der Waals surface area contributed by atoms with Gasteiger partial charge in [0.15, 0.2) is 0 Å². The molecule has 0 atom stereocenters. The average molecular weight is 248 g/mol. The van der Waals surface area contributed by atoms with Gasteiger partial charge in [0.2, 0.25) is 0 Å². The van der Waals surface area contributed by atoms with Gasteiger partial charge in [-0.05, 0) is 6.07 Å². The Bertz CT molecular complexity index is 493. The predicted octanol–water partition coefficient (Wildman–Crippen LogP) is 2.77. The van der Waals surface area contributed by atoms with Crippen molar-refractivity contribution in [1.29, 1.82) is 5.26 Å². The van der Waals surface area contributed by atoms with Gasteiger partial charge in [0.05, 0.1) is 16.6 Å². The van der Waals surface area contributed by atoms with E-state index < -0.39 is 27.2 Å². The molecule has 0 aliphatic rings. The lowest BCUT2D eigenvalue weighted by Gasteiger charge is -2.09. The van der Waals surface area contributed by atoms with Crippen molar-refractivity contribution < 1.29 is 18.1 Å². The van der Waals surface area contributed by atoms with Crippen LogP contribution in [0.25, 0.3) is 0 Å². The fourth-order valence-electron chi connectivity index (χ4n) is 1.11. The highest BCUT2D eigenvalue weighted by Gasteiger charge is 2.40. The third-order valence-corrected chi connectivity index (χ3v) is 2.06. The summed E-state index contributed by atoms with van der Waals surface area (Å²) in [6, 6.07) is 2.93. The monoisotopic (exact) mass is 248 g/mol. The maximum atomic E-state index is 12.5. The van der Waals surface area contributed by atoms with Gasteiger partial charge in [0.25, 0.3) is 5.69 Å². The van der Waals surface area contributed by atoms with Gasteiger partial charge < -0.3 is 0 Å². The SMILES string of the molecule is N#Cc1cc(S)c(C(F)(F)F)c([N+](=O)[O-])c1. The van der Waals surface area contributed by atoms with Crippen LogP contribution in [-0.4, -0.2) is 4.92 Å². The molecule has 0 aliphatic carbocycles. The summed E-state index contributed by atoms with van der Waals surface area (Å²) in [5, 5.41) is 18.9. The molecule has 1 aromatic rings. The Hall–Kier alpha value is -1.75. The summed E-state index contributed by atoms with van der Waals surface area (Å²) in [7, 11) is 0. The number of halogens is 3. The second kappa shape index (κ2) is 4.02. The number of nitrogens with zero attached hydrogens (tertiary/aromatic N) is 2. The molecule has 4 nitrogen and oxygen atoms in total. The van der Waals surface area contributed by atoms with Crippen molar-refractivity contribution in [3.8, 4) is 6.07 Å². The quantitative estimate of drug-likeness (QED) is 0.472. The standard InChI is InChI=1S/C8H3F3N2O2S/c9-8(10,11)7-5(13(14)15)1-4(3-12)2-6(7)16/h1-2,16H. The van der Waals surface area contributed by atoms with Gasteiger partial charge >= 0.3 is 6.18 Å². The minimum Gasteiger partial charge on any atom is -0.258 e. The van der Waals surface area contributed by atoms with Gasteiger partial charge in [0, 0.05) is 11.0 Å². The summed E-state index contributed by atoms with van der Waals surface area (Å²) < 4.78 is 37.4. The summed E-state index contributed by atoms with van der Waals surface area (Å²) in [4.78, 5) is 8.62. The molecule has 1 rings (SSSR count). The highest BCUT2D eigenvalue weighted by Crippen LogP contribution is 2.40. The van der Waals surface area contributed by atoms with E-state index in [-0.39, 0.29) is 5.56 Å². The number of hydrogen-bond donors (Lipinski definition) is 1. The van der Waals surface area contributed by atoms with E-state index in [2.05, 4.69) is 12.6 Å². The number of nitro benzene ring substituents is 1. The first kappa shape index (κ1) is 12.3. The Balaban J connectivity index is 3.61. The van der Waals surface area contributed by atoms with Crippen molar-refractivity contribution in [2.24, 2.45) is 0 Å². The van der Waals surface area contributed by atoms with E-state index in [9.17, 15) is 23.3 Å². The molecule has 0 spiro atoms. The summed E-state index contributed by atoms with van der Waals surface area (Å²) >= 11 is 3.50. The molecule has 0 saturated heterocycles. The Morgan fingerprint density at radius 3 is 2.38 bits per heavy atom. The fourth-order valence-corrected chi connectivity index (χ4v) is 1.49. The number of hydrogen-bond acceptors (Lipinski definition) is 4. The molecular weight excluding hydrogens is 245 g/mol. The van der Waals surface area contributed by atoms with Crippen LogP contribution in [0, 0.1) is 21.4 Å². The Morgan fingerprint density at radius 2 is 2.00 bits per heavy atom. The van der Waals surface area contributed by atoms with Crippen LogP contribution in [0.3, 0.4) is 0 Å². The lowest BCUT2D eigenvalue weighted by atomic mass is 10.1. The second-order valence-electron chi connectivity index (χ2n) is 2.76. The number of thiol groups is 1. The summed E-state index contributed by atoms with van der Waals surface area (Å²) in [5.74, 6) is 0. The number of benzene rings is 1. The number of alkyl halides is 3. The zero-order chi connectivity index (χ0) is 12.5. The van der Waals surface area contributed by atoms with Crippen molar-refractivity contribution in [3.05, 3.63) is 33.4 Å². The molecule has 0 aromatic heterocycles. The van der Waals surface area contributed by atoms with Crippen LogP contribution in [0.5, 0.6) is 0 Å². The molecule has 0 bridgehead atoms. The maximum Gasteiger partial charge on any atom is 0.424 e. The molecule has 0 aliphatic heterocycles. The van der Waals surface area contributed by atoms with E-state index >= 15 is 0 Å². The molecule has 0 unspecified atom stereocenters. The Labute approximate surface area is 92.9 Å². The summed E-state index contributed by atoms with van der Waals surface area (Å²) in [6.07, 6.45) is -4.88. The van der Waals surface area contributed by atoms with Crippen molar-refractivity contribution in [2.45, 2.75) is 11.1 Å². The van der Waals surface area contributed by atoms with E-state index in [4.69, 9.17) is 5.26 Å². The molecule has 0 saturated carbocycles. The van der Waals surface area contributed by atoms with Gasteiger partial charge in [-0.2, -0.15) is 18.4 Å². The Kier molecular flexibility index (Phi) is 3.09. The summed E-state index contributed by atoms with van der Waals surface area (Å²) in [6.45, 7) is 0. The molecule has 1 aromatic carbocycles. The first-order valence-corrected chi connectivity index (χ1v) is 4.20. The predicted molar refractivity (Wildman–Crippen MR) is 50.1 cm³/mol. The molecule has 0 N–H and O–H groups in total. The lowest BCUT2D eigenvalue weighted by molar-refractivity contribution is -0.388. The van der Waals surface area contributed by atoms with E-state index in [1.165, 1.54) is 6.07 Å². The molecule has 8 heteroatoms. The molecule has 0 fully saturated rings. The molecule has 16 heavy (non-hydrogen) atoms. The minimum atomic E-state index is -4.88. The molecule has 0 heterocycles. The zero-order valence-corrected chi connectivity index (χ0v) is 8.34. The number of nitro groups is 1. The molecule has 84 valence electrons. The van der Waals surface area contributed by atoms with Crippen molar-refractivity contribution in [1.82, 2.24) is 0 Å². The minimum absolute atomic E-state index is 0.246. The van der Waals surface area contributed by atoms with Crippen molar-refractivity contribution in [2.75, 3.05) is 0 Å². The largest absolute Gasteiger partial charge is 0.424 e. The first-order chi connectivity index (χ1) is 7.27.